The molecule has 0 fully saturated rings. The van der Waals surface area contributed by atoms with Gasteiger partial charge in [0.15, 0.2) is 5.78 Å². The molecule has 15 heavy (non-hydrogen) atoms. The Hall–Kier alpha value is -0.930. The van der Waals surface area contributed by atoms with E-state index in [0.29, 0.717) is 5.56 Å². The minimum absolute atomic E-state index is 0.00259. The van der Waals surface area contributed by atoms with Gasteiger partial charge < -0.3 is 5.11 Å². The van der Waals surface area contributed by atoms with Crippen molar-refractivity contribution in [2.24, 2.45) is 0 Å². The van der Waals surface area contributed by atoms with Crippen LogP contribution in [0.1, 0.15) is 19.4 Å². The summed E-state index contributed by atoms with van der Waals surface area (Å²) >= 11 is 5.75. The van der Waals surface area contributed by atoms with Crippen molar-refractivity contribution in [3.8, 4) is 0 Å². The maximum Gasteiger partial charge on any atom is 0.168 e. The highest BCUT2D eigenvalue weighted by Crippen LogP contribution is 2.19. The van der Waals surface area contributed by atoms with Gasteiger partial charge in [0, 0.05) is 11.4 Å². The molecule has 0 bridgehead atoms. The first kappa shape index (κ1) is 12.1. The smallest absolute Gasteiger partial charge is 0.168 e. The largest absolute Gasteiger partial charge is 0.383 e. The van der Waals surface area contributed by atoms with Crippen molar-refractivity contribution in [2.45, 2.75) is 25.9 Å². The molecule has 0 aliphatic rings. The molecule has 1 aromatic carbocycles. The number of halogens is 2. The molecule has 0 aromatic heterocycles. The Labute approximate surface area is 92.7 Å². The van der Waals surface area contributed by atoms with Crippen molar-refractivity contribution in [1.82, 2.24) is 0 Å². The van der Waals surface area contributed by atoms with Crippen LogP contribution in [0, 0.1) is 5.82 Å². The number of benzene rings is 1. The lowest BCUT2D eigenvalue weighted by Crippen LogP contribution is -2.32. The third-order valence-corrected chi connectivity index (χ3v) is 2.40. The Balaban J connectivity index is 2.87. The lowest BCUT2D eigenvalue weighted by molar-refractivity contribution is -0.133. The number of hydrogen-bond acceptors (Lipinski definition) is 2. The molecular weight excluding hydrogens is 219 g/mol. The first-order chi connectivity index (χ1) is 6.80. The average Bonchev–Trinajstić information content (AvgIpc) is 2.08. The van der Waals surface area contributed by atoms with Crippen LogP contribution in [0.15, 0.2) is 18.2 Å². The van der Waals surface area contributed by atoms with Gasteiger partial charge in [-0.1, -0.05) is 17.7 Å². The van der Waals surface area contributed by atoms with Gasteiger partial charge in [0.1, 0.15) is 11.4 Å². The van der Waals surface area contributed by atoms with E-state index >= 15 is 0 Å². The van der Waals surface area contributed by atoms with Gasteiger partial charge in [-0.25, -0.2) is 4.39 Å². The van der Waals surface area contributed by atoms with Gasteiger partial charge in [-0.15, -0.1) is 0 Å². The van der Waals surface area contributed by atoms with Crippen LogP contribution in [0.5, 0.6) is 0 Å². The summed E-state index contributed by atoms with van der Waals surface area (Å²) in [4.78, 5) is 11.5. The van der Waals surface area contributed by atoms with E-state index in [9.17, 15) is 14.3 Å². The van der Waals surface area contributed by atoms with Crippen LogP contribution in [0.4, 0.5) is 4.39 Å². The Morgan fingerprint density at radius 3 is 2.60 bits per heavy atom. The molecule has 0 atom stereocenters. The van der Waals surface area contributed by atoms with Crippen molar-refractivity contribution in [3.05, 3.63) is 34.6 Å². The SMILES string of the molecule is CC(C)(O)C(=O)Cc1ccc(F)cc1Cl. The Kier molecular flexibility index (Phi) is 3.47. The zero-order valence-corrected chi connectivity index (χ0v) is 9.31. The van der Waals surface area contributed by atoms with Crippen LogP contribution in [-0.4, -0.2) is 16.5 Å². The quantitative estimate of drug-likeness (QED) is 0.866. The molecule has 0 aliphatic carbocycles. The van der Waals surface area contributed by atoms with Crippen LogP contribution < -0.4 is 0 Å². The fraction of sp³-hybridized carbons (Fsp3) is 0.364. The molecule has 0 spiro atoms. The van der Waals surface area contributed by atoms with Gasteiger partial charge in [-0.05, 0) is 31.5 Å². The lowest BCUT2D eigenvalue weighted by Gasteiger charge is -2.15. The summed E-state index contributed by atoms with van der Waals surface area (Å²) in [6, 6.07) is 3.83. The highest BCUT2D eigenvalue weighted by atomic mass is 35.5. The fourth-order valence-electron chi connectivity index (χ4n) is 1.05. The second-order valence-electron chi connectivity index (χ2n) is 3.89. The third kappa shape index (κ3) is 3.29. The van der Waals surface area contributed by atoms with E-state index in [1.54, 1.807) is 0 Å². The van der Waals surface area contributed by atoms with Crippen LogP contribution in [0.25, 0.3) is 0 Å². The van der Waals surface area contributed by atoms with Crippen LogP contribution in [0.2, 0.25) is 5.02 Å². The second kappa shape index (κ2) is 4.29. The Bertz CT molecular complexity index is 383. The minimum Gasteiger partial charge on any atom is -0.383 e. The van der Waals surface area contributed by atoms with Crippen molar-refractivity contribution in [3.63, 3.8) is 0 Å². The molecule has 0 heterocycles. The topological polar surface area (TPSA) is 37.3 Å². The number of ketones is 1. The van der Waals surface area contributed by atoms with Crippen LogP contribution in [0.3, 0.4) is 0 Å². The summed E-state index contributed by atoms with van der Waals surface area (Å²) < 4.78 is 12.7. The normalized spacial score (nSPS) is 11.5. The first-order valence-corrected chi connectivity index (χ1v) is 4.88. The summed E-state index contributed by atoms with van der Waals surface area (Å²) in [7, 11) is 0. The molecule has 0 saturated heterocycles. The summed E-state index contributed by atoms with van der Waals surface area (Å²) in [6.45, 7) is 2.82. The average molecular weight is 231 g/mol. The van der Waals surface area contributed by atoms with E-state index in [-0.39, 0.29) is 17.2 Å². The Morgan fingerprint density at radius 1 is 1.53 bits per heavy atom. The maximum absolute atomic E-state index is 12.7. The predicted octanol–water partition coefficient (Wildman–Crippen LogP) is 2.36. The van der Waals surface area contributed by atoms with Gasteiger partial charge in [0.05, 0.1) is 0 Å². The van der Waals surface area contributed by atoms with Crippen molar-refractivity contribution in [1.29, 1.82) is 0 Å². The molecule has 0 amide bonds. The molecule has 0 unspecified atom stereocenters. The molecule has 2 nitrogen and oxygen atoms in total. The van der Waals surface area contributed by atoms with E-state index in [1.165, 1.54) is 26.0 Å². The number of hydrogen-bond donors (Lipinski definition) is 1. The van der Waals surface area contributed by atoms with E-state index in [0.717, 1.165) is 6.07 Å². The van der Waals surface area contributed by atoms with Gasteiger partial charge >= 0.3 is 0 Å². The monoisotopic (exact) mass is 230 g/mol. The number of rotatable bonds is 3. The molecule has 4 heteroatoms. The van der Waals surface area contributed by atoms with E-state index < -0.39 is 11.4 Å². The first-order valence-electron chi connectivity index (χ1n) is 4.50. The standard InChI is InChI=1S/C11H12ClFO2/c1-11(2,15)10(14)5-7-3-4-8(13)6-9(7)12/h3-4,6,15H,5H2,1-2H3. The molecule has 82 valence electrons. The molecule has 1 aromatic rings. The lowest BCUT2D eigenvalue weighted by atomic mass is 9.97. The third-order valence-electron chi connectivity index (χ3n) is 2.05. The molecule has 1 rings (SSSR count). The molecule has 0 saturated carbocycles. The molecule has 1 N–H and O–H groups in total. The van der Waals surface area contributed by atoms with Crippen LogP contribution in [-0.2, 0) is 11.2 Å². The van der Waals surface area contributed by atoms with Crippen LogP contribution >= 0.6 is 11.6 Å². The number of Topliss-reactive ketones (excluding diaryl/α,β-unsaturated/α-hetero) is 1. The zero-order valence-electron chi connectivity index (χ0n) is 8.55. The highest BCUT2D eigenvalue weighted by molar-refractivity contribution is 6.31. The summed E-state index contributed by atoms with van der Waals surface area (Å²) in [6.07, 6.45) is 0.00259. The summed E-state index contributed by atoms with van der Waals surface area (Å²) in [5.41, 5.74) is -0.872. The number of carbonyl (C=O) groups excluding carboxylic acids is 1. The molecular formula is C11H12ClFO2. The van der Waals surface area contributed by atoms with Gasteiger partial charge in [0.2, 0.25) is 0 Å². The summed E-state index contributed by atoms with van der Waals surface area (Å²) in [5.74, 6) is -0.796. The number of aliphatic hydroxyl groups is 1. The van der Waals surface area contributed by atoms with E-state index in [4.69, 9.17) is 11.6 Å². The van der Waals surface area contributed by atoms with Gasteiger partial charge in [-0.2, -0.15) is 0 Å². The molecule has 0 radical (unpaired) electrons. The maximum atomic E-state index is 12.7. The van der Waals surface area contributed by atoms with Gasteiger partial charge in [0.25, 0.3) is 0 Å². The van der Waals surface area contributed by atoms with E-state index in [2.05, 4.69) is 0 Å². The Morgan fingerprint density at radius 2 is 2.13 bits per heavy atom. The van der Waals surface area contributed by atoms with E-state index in [1.807, 2.05) is 0 Å². The van der Waals surface area contributed by atoms with Crippen molar-refractivity contribution in [2.75, 3.05) is 0 Å². The number of carbonyl (C=O) groups is 1. The van der Waals surface area contributed by atoms with Crippen molar-refractivity contribution >= 4 is 17.4 Å². The highest BCUT2D eigenvalue weighted by Gasteiger charge is 2.24. The zero-order chi connectivity index (χ0) is 11.6. The second-order valence-corrected chi connectivity index (χ2v) is 4.30. The van der Waals surface area contributed by atoms with Gasteiger partial charge in [-0.3, -0.25) is 4.79 Å². The molecule has 0 aliphatic heterocycles. The predicted molar refractivity (Wildman–Crippen MR) is 56.4 cm³/mol. The van der Waals surface area contributed by atoms with Crippen molar-refractivity contribution < 1.29 is 14.3 Å². The minimum atomic E-state index is -1.39. The fourth-order valence-corrected chi connectivity index (χ4v) is 1.29. The summed E-state index contributed by atoms with van der Waals surface area (Å²) in [5, 5.41) is 9.63.